The molecule has 0 rings (SSSR count). The highest BCUT2D eigenvalue weighted by molar-refractivity contribution is 5.76. The first-order chi connectivity index (χ1) is 36.5. The molecule has 0 radical (unpaired) electrons. The Morgan fingerprint density at radius 2 is 0.676 bits per heavy atom. The van der Waals surface area contributed by atoms with E-state index in [-0.39, 0.29) is 18.5 Å². The van der Waals surface area contributed by atoms with Crippen LogP contribution in [-0.2, 0) is 14.3 Å². The van der Waals surface area contributed by atoms with E-state index in [1.165, 1.54) is 270 Å². The van der Waals surface area contributed by atoms with Gasteiger partial charge in [0.25, 0.3) is 0 Å². The summed E-state index contributed by atoms with van der Waals surface area (Å²) in [5, 5.41) is 23.1. The Labute approximate surface area is 461 Å². The summed E-state index contributed by atoms with van der Waals surface area (Å²) in [5.41, 5.74) is 0. The molecule has 1 amide bonds. The van der Waals surface area contributed by atoms with Gasteiger partial charge in [0.2, 0.25) is 5.91 Å². The van der Waals surface area contributed by atoms with Crippen molar-refractivity contribution in [2.45, 2.75) is 360 Å². The summed E-state index contributed by atoms with van der Waals surface area (Å²) in [6.45, 7) is 4.88. The molecule has 0 saturated carbocycles. The number of carbonyl (C=O) groups excluding carboxylic acids is 2. The molecule has 2 atom stereocenters. The van der Waals surface area contributed by atoms with Crippen LogP contribution < -0.4 is 5.32 Å². The van der Waals surface area contributed by atoms with E-state index in [1.807, 2.05) is 6.08 Å². The Morgan fingerprint density at radius 1 is 0.378 bits per heavy atom. The van der Waals surface area contributed by atoms with Gasteiger partial charge in [-0.2, -0.15) is 0 Å². The number of ether oxygens (including phenoxy) is 1. The molecule has 0 spiro atoms. The summed E-state index contributed by atoms with van der Waals surface area (Å²) < 4.78 is 5.50. The van der Waals surface area contributed by atoms with Crippen LogP contribution in [0.5, 0.6) is 0 Å². The van der Waals surface area contributed by atoms with Crippen LogP contribution in [0.2, 0.25) is 0 Å². The zero-order valence-electron chi connectivity index (χ0n) is 49.6. The number of hydrogen-bond acceptors (Lipinski definition) is 5. The van der Waals surface area contributed by atoms with Crippen LogP contribution in [0.15, 0.2) is 48.6 Å². The van der Waals surface area contributed by atoms with E-state index in [9.17, 15) is 19.8 Å². The second kappa shape index (κ2) is 63.4. The van der Waals surface area contributed by atoms with E-state index in [0.29, 0.717) is 19.4 Å². The monoisotopic (exact) mass is 1040 g/mol. The lowest BCUT2D eigenvalue weighted by Gasteiger charge is -2.20. The highest BCUT2D eigenvalue weighted by Gasteiger charge is 2.18. The lowest BCUT2D eigenvalue weighted by Crippen LogP contribution is -2.45. The zero-order valence-corrected chi connectivity index (χ0v) is 49.6. The SMILES string of the molecule is CCCCC/C=C\C/C=C\CCCCCCCCCCCC(=O)OCCCCCCCCCCCCCC/C=C\CCCCCCCCCCCCC(=O)NC(CO)C(O)/C=C/CCCCCCCCCCCC. The molecule has 0 aromatic carbocycles. The van der Waals surface area contributed by atoms with Crippen LogP contribution in [0.4, 0.5) is 0 Å². The number of allylic oxidation sites excluding steroid dienone is 7. The Morgan fingerprint density at radius 3 is 1.07 bits per heavy atom. The number of aliphatic hydroxyl groups is 2. The lowest BCUT2D eigenvalue weighted by molar-refractivity contribution is -0.143. The van der Waals surface area contributed by atoms with E-state index >= 15 is 0 Å². The van der Waals surface area contributed by atoms with Crippen LogP contribution >= 0.6 is 0 Å². The molecule has 2 unspecified atom stereocenters. The molecule has 74 heavy (non-hydrogen) atoms. The molecule has 0 aromatic rings. The minimum absolute atomic E-state index is 0.00997. The molecule has 6 heteroatoms. The van der Waals surface area contributed by atoms with Gasteiger partial charge in [0, 0.05) is 12.8 Å². The number of aliphatic hydroxyl groups excluding tert-OH is 2. The average molecular weight is 1040 g/mol. The van der Waals surface area contributed by atoms with Crippen molar-refractivity contribution < 1.29 is 24.5 Å². The molecular weight excluding hydrogens is 911 g/mol. The van der Waals surface area contributed by atoms with Gasteiger partial charge < -0.3 is 20.3 Å². The van der Waals surface area contributed by atoms with Gasteiger partial charge in [-0.3, -0.25) is 9.59 Å². The maximum atomic E-state index is 12.4. The summed E-state index contributed by atoms with van der Waals surface area (Å²) >= 11 is 0. The summed E-state index contributed by atoms with van der Waals surface area (Å²) in [4.78, 5) is 24.5. The lowest BCUT2D eigenvalue weighted by atomic mass is 10.0. The highest BCUT2D eigenvalue weighted by atomic mass is 16.5. The fourth-order valence-corrected chi connectivity index (χ4v) is 10.0. The fraction of sp³-hybridized carbons (Fsp3) is 0.853. The normalized spacial score (nSPS) is 12.9. The van der Waals surface area contributed by atoms with Crippen molar-refractivity contribution in [2.24, 2.45) is 0 Å². The third kappa shape index (κ3) is 59.1. The van der Waals surface area contributed by atoms with Gasteiger partial charge in [0.1, 0.15) is 0 Å². The van der Waals surface area contributed by atoms with Gasteiger partial charge in [-0.25, -0.2) is 0 Å². The van der Waals surface area contributed by atoms with Crippen molar-refractivity contribution in [3.63, 3.8) is 0 Å². The molecule has 0 bridgehead atoms. The second-order valence-corrected chi connectivity index (χ2v) is 22.4. The smallest absolute Gasteiger partial charge is 0.305 e. The van der Waals surface area contributed by atoms with Gasteiger partial charge in [-0.05, 0) is 89.9 Å². The molecule has 0 aliphatic carbocycles. The molecule has 434 valence electrons. The quantitative estimate of drug-likeness (QED) is 0.0320. The van der Waals surface area contributed by atoms with Crippen molar-refractivity contribution in [1.82, 2.24) is 5.32 Å². The third-order valence-corrected chi connectivity index (χ3v) is 15.1. The average Bonchev–Trinajstić information content (AvgIpc) is 3.40. The summed E-state index contributed by atoms with van der Waals surface area (Å²) in [5.74, 6) is -0.0602. The van der Waals surface area contributed by atoms with Crippen LogP contribution in [0.25, 0.3) is 0 Å². The van der Waals surface area contributed by atoms with Crippen LogP contribution in [0, 0.1) is 0 Å². The van der Waals surface area contributed by atoms with Gasteiger partial charge >= 0.3 is 5.97 Å². The molecule has 0 saturated heterocycles. The van der Waals surface area contributed by atoms with Crippen molar-refractivity contribution in [3.8, 4) is 0 Å². The molecule has 0 fully saturated rings. The highest BCUT2D eigenvalue weighted by Crippen LogP contribution is 2.17. The zero-order chi connectivity index (χ0) is 53.6. The summed E-state index contributed by atoms with van der Waals surface area (Å²) in [6.07, 6.45) is 81.7. The predicted octanol–water partition coefficient (Wildman–Crippen LogP) is 20.9. The number of hydrogen-bond donors (Lipinski definition) is 3. The maximum Gasteiger partial charge on any atom is 0.305 e. The molecule has 0 aliphatic rings. The number of amides is 1. The van der Waals surface area contributed by atoms with Gasteiger partial charge in [0.05, 0.1) is 25.4 Å². The van der Waals surface area contributed by atoms with E-state index in [1.54, 1.807) is 6.08 Å². The van der Waals surface area contributed by atoms with Crippen molar-refractivity contribution >= 4 is 11.9 Å². The fourth-order valence-electron chi connectivity index (χ4n) is 10.0. The molecular formula is C68H127NO5. The number of carbonyl (C=O) groups is 2. The Balaban J connectivity index is 3.38. The molecule has 0 aliphatic heterocycles. The number of unbranched alkanes of at least 4 members (excludes halogenated alkanes) is 44. The summed E-state index contributed by atoms with van der Waals surface area (Å²) in [6, 6.07) is -0.629. The number of esters is 1. The third-order valence-electron chi connectivity index (χ3n) is 15.1. The van der Waals surface area contributed by atoms with E-state index < -0.39 is 12.1 Å². The van der Waals surface area contributed by atoms with Crippen molar-refractivity contribution in [2.75, 3.05) is 13.2 Å². The molecule has 0 aromatic heterocycles. The maximum absolute atomic E-state index is 12.4. The van der Waals surface area contributed by atoms with E-state index in [0.717, 1.165) is 51.4 Å². The topological polar surface area (TPSA) is 95.9 Å². The standard InChI is InChI=1S/C68H127NO5/c1-3-5-7-9-11-13-15-17-18-19-28-32-35-38-42-46-50-54-58-62-68(73)74-63-59-55-51-47-43-39-36-33-30-27-25-23-21-20-22-24-26-29-31-34-37-41-45-49-53-57-61-67(72)69-65(64-70)66(71)60-56-52-48-44-40-16-14-12-10-8-6-4-2/h11,13,17-18,20,22,56,60,65-66,70-71H,3-10,12,14-16,19,21,23-55,57-59,61-64H2,1-2H3,(H,69,72)/b13-11-,18-17-,22-20-,60-56+. The minimum atomic E-state index is -0.845. The first kappa shape index (κ1) is 71.8. The molecule has 3 N–H and O–H groups in total. The van der Waals surface area contributed by atoms with E-state index in [4.69, 9.17) is 4.74 Å². The molecule has 0 heterocycles. The predicted molar refractivity (Wildman–Crippen MR) is 324 cm³/mol. The van der Waals surface area contributed by atoms with Crippen LogP contribution in [0.3, 0.4) is 0 Å². The van der Waals surface area contributed by atoms with Crippen LogP contribution in [-0.4, -0.2) is 47.4 Å². The Hall–Kier alpha value is -2.18. The van der Waals surface area contributed by atoms with Gasteiger partial charge in [0.15, 0.2) is 0 Å². The Bertz CT molecular complexity index is 1240. The van der Waals surface area contributed by atoms with Gasteiger partial charge in [-0.1, -0.05) is 294 Å². The Kier molecular flexibility index (Phi) is 61.5. The summed E-state index contributed by atoms with van der Waals surface area (Å²) in [7, 11) is 0. The van der Waals surface area contributed by atoms with Gasteiger partial charge in [-0.15, -0.1) is 0 Å². The van der Waals surface area contributed by atoms with Crippen molar-refractivity contribution in [3.05, 3.63) is 48.6 Å². The van der Waals surface area contributed by atoms with Crippen molar-refractivity contribution in [1.29, 1.82) is 0 Å². The number of rotatable bonds is 61. The first-order valence-corrected chi connectivity index (χ1v) is 32.9. The van der Waals surface area contributed by atoms with Crippen LogP contribution in [0.1, 0.15) is 348 Å². The first-order valence-electron chi connectivity index (χ1n) is 32.9. The second-order valence-electron chi connectivity index (χ2n) is 22.4. The minimum Gasteiger partial charge on any atom is -0.466 e. The largest absolute Gasteiger partial charge is 0.466 e. The molecule has 6 nitrogen and oxygen atoms in total. The van der Waals surface area contributed by atoms with E-state index in [2.05, 4.69) is 55.6 Å². The number of nitrogens with one attached hydrogen (secondary N) is 1.